The van der Waals surface area contributed by atoms with Crippen LogP contribution < -0.4 is 5.69 Å². The van der Waals surface area contributed by atoms with Gasteiger partial charge >= 0.3 is 11.8 Å². The molecule has 0 aromatic carbocycles. The number of carbonyl (C=O) groups is 1. The van der Waals surface area contributed by atoms with Gasteiger partial charge in [-0.25, -0.2) is 14.6 Å². The molecular formula is C16H24Cl2N4O3. The molecule has 0 spiro atoms. The number of hydrogen-bond donors (Lipinski definition) is 1. The minimum absolute atomic E-state index is 0. The molecule has 140 valence electrons. The Morgan fingerprint density at radius 3 is 2.52 bits per heavy atom. The number of aromatic nitrogens is 3. The fourth-order valence-corrected chi connectivity index (χ4v) is 2.95. The number of hydrogen-bond acceptors (Lipinski definition) is 4. The number of rotatable bonds is 1. The molecule has 1 fully saturated rings. The van der Waals surface area contributed by atoms with Gasteiger partial charge in [0, 0.05) is 25.3 Å². The average molecular weight is 391 g/mol. The lowest BCUT2D eigenvalue weighted by Gasteiger charge is -2.33. The molecule has 1 aliphatic heterocycles. The molecule has 0 unspecified atom stereocenters. The van der Waals surface area contributed by atoms with Crippen molar-refractivity contribution in [2.75, 3.05) is 13.1 Å². The molecule has 2 aromatic heterocycles. The van der Waals surface area contributed by atoms with Gasteiger partial charge in [0.2, 0.25) is 0 Å². The molecule has 1 amide bonds. The van der Waals surface area contributed by atoms with Crippen molar-refractivity contribution in [2.45, 2.75) is 45.3 Å². The summed E-state index contributed by atoms with van der Waals surface area (Å²) in [6.07, 6.45) is 2.82. The third-order valence-corrected chi connectivity index (χ3v) is 3.97. The quantitative estimate of drug-likeness (QED) is 0.810. The molecule has 0 radical (unpaired) electrons. The summed E-state index contributed by atoms with van der Waals surface area (Å²) in [6.45, 7) is 6.74. The Hall–Kier alpha value is -1.73. The number of ether oxygens (including phenoxy) is 1. The molecule has 0 aliphatic carbocycles. The third kappa shape index (κ3) is 4.67. The minimum Gasteiger partial charge on any atom is -0.444 e. The molecule has 1 N–H and O–H groups in total. The van der Waals surface area contributed by atoms with Crippen LogP contribution in [0.5, 0.6) is 0 Å². The normalized spacial score (nSPS) is 15.4. The number of nitrogens with zero attached hydrogens (tertiary/aromatic N) is 3. The van der Waals surface area contributed by atoms with Gasteiger partial charge in [0.25, 0.3) is 0 Å². The molecule has 7 nitrogen and oxygen atoms in total. The summed E-state index contributed by atoms with van der Waals surface area (Å²) in [7, 11) is 0. The number of halogens is 2. The Balaban J connectivity index is 0.00000156. The van der Waals surface area contributed by atoms with Crippen LogP contribution in [0.4, 0.5) is 4.79 Å². The zero-order valence-corrected chi connectivity index (χ0v) is 16.2. The van der Waals surface area contributed by atoms with Crippen molar-refractivity contribution in [3.8, 4) is 0 Å². The van der Waals surface area contributed by atoms with E-state index in [1.807, 2.05) is 32.9 Å². The van der Waals surface area contributed by atoms with E-state index >= 15 is 0 Å². The van der Waals surface area contributed by atoms with Crippen LogP contribution in [0.15, 0.2) is 23.1 Å². The van der Waals surface area contributed by atoms with Crippen molar-refractivity contribution in [2.24, 2.45) is 0 Å². The maximum Gasteiger partial charge on any atom is 0.410 e. The van der Waals surface area contributed by atoms with Crippen LogP contribution in [0.3, 0.4) is 0 Å². The van der Waals surface area contributed by atoms with Crippen molar-refractivity contribution in [3.63, 3.8) is 0 Å². The first-order valence-electron chi connectivity index (χ1n) is 7.88. The monoisotopic (exact) mass is 390 g/mol. The van der Waals surface area contributed by atoms with Crippen LogP contribution >= 0.6 is 24.8 Å². The molecule has 0 saturated carbocycles. The van der Waals surface area contributed by atoms with Gasteiger partial charge in [0.05, 0.1) is 5.52 Å². The maximum atomic E-state index is 12.2. The largest absolute Gasteiger partial charge is 0.444 e. The van der Waals surface area contributed by atoms with Crippen molar-refractivity contribution in [3.05, 3.63) is 28.8 Å². The topological polar surface area (TPSA) is 80.2 Å². The highest BCUT2D eigenvalue weighted by atomic mass is 35.5. The highest BCUT2D eigenvalue weighted by Crippen LogP contribution is 2.25. The zero-order chi connectivity index (χ0) is 16.6. The fraction of sp³-hybridized carbons (Fsp3) is 0.562. The fourth-order valence-electron chi connectivity index (χ4n) is 2.95. The lowest BCUT2D eigenvalue weighted by Crippen LogP contribution is -2.43. The van der Waals surface area contributed by atoms with Gasteiger partial charge in [-0.3, -0.25) is 9.55 Å². The van der Waals surface area contributed by atoms with Crippen LogP contribution in [0, 0.1) is 0 Å². The number of piperidine rings is 1. The van der Waals surface area contributed by atoms with Crippen molar-refractivity contribution in [1.82, 2.24) is 19.4 Å². The van der Waals surface area contributed by atoms with E-state index in [2.05, 4.69) is 9.97 Å². The molecule has 0 bridgehead atoms. The summed E-state index contributed by atoms with van der Waals surface area (Å²) in [5.74, 6) is 0. The van der Waals surface area contributed by atoms with E-state index in [0.29, 0.717) is 18.7 Å². The van der Waals surface area contributed by atoms with E-state index in [-0.39, 0.29) is 42.6 Å². The van der Waals surface area contributed by atoms with Gasteiger partial charge in [-0.15, -0.1) is 24.8 Å². The Kier molecular flexibility index (Phi) is 6.90. The first-order valence-corrected chi connectivity index (χ1v) is 7.88. The summed E-state index contributed by atoms with van der Waals surface area (Å²) in [5.41, 5.74) is 0.780. The summed E-state index contributed by atoms with van der Waals surface area (Å²) in [5, 5.41) is 0. The standard InChI is InChI=1S/C16H22N4O3.2ClH/c1-16(2,3)23-15(22)19-9-6-11(7-10-19)20-12-5-4-8-17-13(12)18-14(20)21;;/h4-5,8,11H,6-7,9-10H2,1-3H3,(H,17,18,21);2*1H. The maximum absolute atomic E-state index is 12.2. The number of carbonyl (C=O) groups excluding carboxylic acids is 1. The molecule has 25 heavy (non-hydrogen) atoms. The Labute approximate surface area is 158 Å². The van der Waals surface area contributed by atoms with Crippen LogP contribution in [0.1, 0.15) is 39.7 Å². The number of H-pyrrole nitrogens is 1. The Morgan fingerprint density at radius 2 is 1.92 bits per heavy atom. The van der Waals surface area contributed by atoms with E-state index in [1.165, 1.54) is 0 Å². The molecule has 3 rings (SSSR count). The van der Waals surface area contributed by atoms with Gasteiger partial charge in [-0.05, 0) is 45.7 Å². The van der Waals surface area contributed by atoms with Gasteiger partial charge < -0.3 is 9.64 Å². The first kappa shape index (κ1) is 21.3. The molecule has 3 heterocycles. The second kappa shape index (κ2) is 8.10. The zero-order valence-electron chi connectivity index (χ0n) is 14.5. The SMILES string of the molecule is CC(C)(C)OC(=O)N1CCC(n2c(=O)[nH]c3ncccc32)CC1.Cl.Cl. The molecule has 1 saturated heterocycles. The van der Waals surface area contributed by atoms with Crippen LogP contribution in [-0.2, 0) is 4.74 Å². The first-order chi connectivity index (χ1) is 10.8. The Bertz CT molecular complexity index is 774. The number of aromatic amines is 1. The highest BCUT2D eigenvalue weighted by molar-refractivity contribution is 5.85. The molecule has 0 atom stereocenters. The lowest BCUT2D eigenvalue weighted by atomic mass is 10.1. The molecular weight excluding hydrogens is 367 g/mol. The molecule has 9 heteroatoms. The Morgan fingerprint density at radius 1 is 1.28 bits per heavy atom. The van der Waals surface area contributed by atoms with Gasteiger partial charge in [0.1, 0.15) is 5.60 Å². The van der Waals surface area contributed by atoms with Crippen LogP contribution in [0.25, 0.3) is 11.2 Å². The van der Waals surface area contributed by atoms with E-state index in [1.54, 1.807) is 15.7 Å². The van der Waals surface area contributed by atoms with E-state index in [9.17, 15) is 9.59 Å². The van der Waals surface area contributed by atoms with Crippen LogP contribution in [0.2, 0.25) is 0 Å². The number of imidazole rings is 1. The molecule has 2 aromatic rings. The van der Waals surface area contributed by atoms with Crippen molar-refractivity contribution < 1.29 is 9.53 Å². The predicted molar refractivity (Wildman–Crippen MR) is 101 cm³/mol. The number of pyridine rings is 1. The average Bonchev–Trinajstić information content (AvgIpc) is 2.81. The number of amides is 1. The van der Waals surface area contributed by atoms with Gasteiger partial charge in [0.15, 0.2) is 5.65 Å². The summed E-state index contributed by atoms with van der Waals surface area (Å²) >= 11 is 0. The lowest BCUT2D eigenvalue weighted by molar-refractivity contribution is 0.0189. The van der Waals surface area contributed by atoms with Crippen LogP contribution in [-0.4, -0.2) is 44.2 Å². The highest BCUT2D eigenvalue weighted by Gasteiger charge is 2.28. The summed E-state index contributed by atoms with van der Waals surface area (Å²) in [6, 6.07) is 3.78. The summed E-state index contributed by atoms with van der Waals surface area (Å²) in [4.78, 5) is 33.0. The van der Waals surface area contributed by atoms with E-state index in [4.69, 9.17) is 4.74 Å². The second-order valence-corrected chi connectivity index (χ2v) is 6.87. The van der Waals surface area contributed by atoms with Gasteiger partial charge in [-0.2, -0.15) is 0 Å². The number of nitrogens with one attached hydrogen (secondary N) is 1. The second-order valence-electron chi connectivity index (χ2n) is 6.87. The minimum atomic E-state index is -0.493. The van der Waals surface area contributed by atoms with Crippen molar-refractivity contribution >= 4 is 42.1 Å². The van der Waals surface area contributed by atoms with E-state index < -0.39 is 5.60 Å². The predicted octanol–water partition coefficient (Wildman–Crippen LogP) is 3.14. The molecule has 1 aliphatic rings. The number of likely N-dealkylation sites (tertiary alicyclic amines) is 1. The summed E-state index contributed by atoms with van der Waals surface area (Å²) < 4.78 is 7.16. The van der Waals surface area contributed by atoms with Gasteiger partial charge in [-0.1, -0.05) is 0 Å². The number of fused-ring (bicyclic) bond motifs is 1. The third-order valence-electron chi connectivity index (χ3n) is 3.97. The smallest absolute Gasteiger partial charge is 0.410 e. The van der Waals surface area contributed by atoms with E-state index in [0.717, 1.165) is 18.4 Å². The van der Waals surface area contributed by atoms with Crippen molar-refractivity contribution in [1.29, 1.82) is 0 Å².